The maximum absolute atomic E-state index is 13.6. The van der Waals surface area contributed by atoms with Gasteiger partial charge in [-0.15, -0.1) is 0 Å². The third-order valence-corrected chi connectivity index (χ3v) is 6.03. The van der Waals surface area contributed by atoms with Crippen LogP contribution in [-0.4, -0.2) is 23.2 Å². The van der Waals surface area contributed by atoms with Gasteiger partial charge in [0.25, 0.3) is 0 Å². The molecule has 8 heteroatoms. The summed E-state index contributed by atoms with van der Waals surface area (Å²) in [5.74, 6) is 0.586. The Kier molecular flexibility index (Phi) is 5.81. The highest BCUT2D eigenvalue weighted by Gasteiger charge is 2.42. The maximum Gasteiger partial charge on any atom is 0.337 e. The molecule has 4 aromatic rings. The van der Waals surface area contributed by atoms with Gasteiger partial charge < -0.3 is 19.4 Å². The fraction of sp³-hybridized carbons (Fsp3) is 0.115. The normalized spacial score (nSPS) is 17.5. The molecule has 2 aromatic heterocycles. The molecule has 0 spiro atoms. The van der Waals surface area contributed by atoms with Gasteiger partial charge in [0.15, 0.2) is 5.11 Å². The van der Waals surface area contributed by atoms with E-state index >= 15 is 0 Å². The first-order valence-corrected chi connectivity index (χ1v) is 11.0. The number of nitrogens with zero attached hydrogens (tertiary/aromatic N) is 2. The SMILES string of the molecule is COC(=O)c1ccc(-c2ccc([C@H]3[C@@H](c4ccccn4)NC(=S)N3c3ccc(F)cc3)o2)cc1. The van der Waals surface area contributed by atoms with E-state index in [0.29, 0.717) is 22.2 Å². The molecule has 0 unspecified atom stereocenters. The van der Waals surface area contributed by atoms with Crippen LogP contribution in [-0.2, 0) is 4.74 Å². The zero-order valence-corrected chi connectivity index (χ0v) is 19.0. The number of ether oxygens (including phenoxy) is 1. The minimum absolute atomic E-state index is 0.278. The van der Waals surface area contributed by atoms with Gasteiger partial charge in [-0.2, -0.15) is 0 Å². The van der Waals surface area contributed by atoms with E-state index < -0.39 is 5.97 Å². The predicted octanol–water partition coefficient (Wildman–Crippen LogP) is 5.44. The van der Waals surface area contributed by atoms with E-state index in [9.17, 15) is 9.18 Å². The van der Waals surface area contributed by atoms with E-state index in [2.05, 4.69) is 10.3 Å². The van der Waals surface area contributed by atoms with Gasteiger partial charge in [0.05, 0.1) is 24.4 Å². The average Bonchev–Trinajstić information content (AvgIpc) is 3.49. The summed E-state index contributed by atoms with van der Waals surface area (Å²) < 4.78 is 24.7. The number of benzene rings is 2. The minimum Gasteiger partial charge on any atom is -0.465 e. The molecule has 2 aromatic carbocycles. The molecule has 0 aliphatic carbocycles. The van der Waals surface area contributed by atoms with Crippen molar-refractivity contribution in [1.82, 2.24) is 10.3 Å². The van der Waals surface area contributed by atoms with Crippen LogP contribution in [0.15, 0.2) is 89.5 Å². The van der Waals surface area contributed by atoms with E-state index in [1.807, 2.05) is 35.2 Å². The van der Waals surface area contributed by atoms with Crippen molar-refractivity contribution in [2.24, 2.45) is 0 Å². The highest BCUT2D eigenvalue weighted by atomic mass is 32.1. The third-order valence-electron chi connectivity index (χ3n) is 5.71. The number of esters is 1. The highest BCUT2D eigenvalue weighted by Crippen LogP contribution is 2.42. The summed E-state index contributed by atoms with van der Waals surface area (Å²) in [5.41, 5.74) is 2.82. The molecular weight excluding hydrogens is 453 g/mol. The fourth-order valence-electron chi connectivity index (χ4n) is 4.08. The first-order valence-electron chi connectivity index (χ1n) is 10.6. The minimum atomic E-state index is -0.398. The Bertz CT molecular complexity index is 1320. The van der Waals surface area contributed by atoms with Gasteiger partial charge in [-0.25, -0.2) is 9.18 Å². The number of halogens is 1. The average molecular weight is 474 g/mol. The fourth-order valence-corrected chi connectivity index (χ4v) is 4.42. The quantitative estimate of drug-likeness (QED) is 0.306. The van der Waals surface area contributed by atoms with E-state index in [1.54, 1.807) is 42.6 Å². The molecule has 34 heavy (non-hydrogen) atoms. The van der Waals surface area contributed by atoms with Crippen LogP contribution < -0.4 is 10.2 Å². The summed E-state index contributed by atoms with van der Waals surface area (Å²) in [4.78, 5) is 18.2. The lowest BCUT2D eigenvalue weighted by molar-refractivity contribution is 0.0600. The molecule has 2 atom stereocenters. The molecular formula is C26H20FN3O3S. The number of anilines is 1. The number of furan rings is 1. The van der Waals surface area contributed by atoms with E-state index in [-0.39, 0.29) is 17.9 Å². The molecule has 1 aliphatic rings. The van der Waals surface area contributed by atoms with Gasteiger partial charge in [0.2, 0.25) is 0 Å². The van der Waals surface area contributed by atoms with E-state index in [4.69, 9.17) is 21.4 Å². The Morgan fingerprint density at radius 2 is 1.82 bits per heavy atom. The summed E-state index contributed by atoms with van der Waals surface area (Å²) in [7, 11) is 1.35. The zero-order chi connectivity index (χ0) is 23.7. The smallest absolute Gasteiger partial charge is 0.337 e. The van der Waals surface area contributed by atoms with Crippen LogP contribution in [0, 0.1) is 5.82 Å². The van der Waals surface area contributed by atoms with Crippen molar-refractivity contribution < 1.29 is 18.3 Å². The van der Waals surface area contributed by atoms with Crippen molar-refractivity contribution >= 4 is 29.0 Å². The first-order chi connectivity index (χ1) is 16.5. The molecule has 6 nitrogen and oxygen atoms in total. The molecule has 1 aliphatic heterocycles. The number of aromatic nitrogens is 1. The van der Waals surface area contributed by atoms with Crippen molar-refractivity contribution in [3.63, 3.8) is 0 Å². The number of thiocarbonyl (C=S) groups is 1. The number of methoxy groups -OCH3 is 1. The molecule has 0 amide bonds. The summed E-state index contributed by atoms with van der Waals surface area (Å²) >= 11 is 5.67. The monoisotopic (exact) mass is 473 g/mol. The van der Waals surface area contributed by atoms with Gasteiger partial charge in [-0.05, 0) is 72.9 Å². The van der Waals surface area contributed by atoms with Crippen molar-refractivity contribution in [3.05, 3.63) is 108 Å². The van der Waals surface area contributed by atoms with Gasteiger partial charge >= 0.3 is 5.97 Å². The zero-order valence-electron chi connectivity index (χ0n) is 18.1. The molecule has 1 N–H and O–H groups in total. The molecule has 3 heterocycles. The summed E-state index contributed by atoms with van der Waals surface area (Å²) in [6.45, 7) is 0. The molecule has 1 fully saturated rings. The van der Waals surface area contributed by atoms with E-state index in [0.717, 1.165) is 16.9 Å². The van der Waals surface area contributed by atoms with Crippen LogP contribution in [0.5, 0.6) is 0 Å². The van der Waals surface area contributed by atoms with Crippen LogP contribution in [0.25, 0.3) is 11.3 Å². The number of hydrogen-bond donors (Lipinski definition) is 1. The second-order valence-corrected chi connectivity index (χ2v) is 8.13. The lowest BCUT2D eigenvalue weighted by atomic mass is 10.0. The standard InChI is InChI=1S/C26H20FN3O3S/c1-32-25(31)17-7-5-16(6-8-17)21-13-14-22(33-21)24-23(20-4-2-3-15-28-20)29-26(34)30(24)19-11-9-18(27)10-12-19/h2-15,23-24H,1H3,(H,29,34)/t23-,24+/m1/s1. The first kappa shape index (κ1) is 21.8. The van der Waals surface area contributed by atoms with Crippen LogP contribution in [0.1, 0.15) is 33.9 Å². The Hall–Kier alpha value is -4.04. The lowest BCUT2D eigenvalue weighted by Crippen LogP contribution is -2.29. The largest absolute Gasteiger partial charge is 0.465 e. The van der Waals surface area contributed by atoms with Crippen LogP contribution >= 0.6 is 12.2 Å². The van der Waals surface area contributed by atoms with Crippen LogP contribution in [0.2, 0.25) is 0 Å². The van der Waals surface area contributed by atoms with Crippen molar-refractivity contribution in [3.8, 4) is 11.3 Å². The Morgan fingerprint density at radius 1 is 1.06 bits per heavy atom. The van der Waals surface area contributed by atoms with Crippen molar-refractivity contribution in [1.29, 1.82) is 0 Å². The maximum atomic E-state index is 13.6. The topological polar surface area (TPSA) is 67.6 Å². The summed E-state index contributed by atoms with van der Waals surface area (Å²) in [5, 5.41) is 3.84. The second kappa shape index (κ2) is 9.07. The molecule has 170 valence electrons. The number of nitrogens with one attached hydrogen (secondary N) is 1. The Labute approximate surface area is 201 Å². The molecule has 0 saturated carbocycles. The Morgan fingerprint density at radius 3 is 2.50 bits per heavy atom. The molecule has 0 radical (unpaired) electrons. The van der Waals surface area contributed by atoms with Crippen molar-refractivity contribution in [2.45, 2.75) is 12.1 Å². The number of rotatable bonds is 5. The number of hydrogen-bond acceptors (Lipinski definition) is 5. The van der Waals surface area contributed by atoms with Gasteiger partial charge in [-0.3, -0.25) is 4.98 Å². The molecule has 5 rings (SSSR count). The summed E-state index contributed by atoms with van der Waals surface area (Å²) in [6.07, 6.45) is 1.73. The Balaban J connectivity index is 1.54. The predicted molar refractivity (Wildman–Crippen MR) is 130 cm³/mol. The lowest BCUT2D eigenvalue weighted by Gasteiger charge is -2.26. The second-order valence-electron chi connectivity index (χ2n) is 7.74. The molecule has 0 bridgehead atoms. The molecule has 1 saturated heterocycles. The number of carbonyl (C=O) groups is 1. The van der Waals surface area contributed by atoms with Crippen LogP contribution in [0.3, 0.4) is 0 Å². The number of carbonyl (C=O) groups excluding carboxylic acids is 1. The van der Waals surface area contributed by atoms with Gasteiger partial charge in [-0.1, -0.05) is 18.2 Å². The van der Waals surface area contributed by atoms with Crippen molar-refractivity contribution in [2.75, 3.05) is 12.0 Å². The van der Waals surface area contributed by atoms with E-state index in [1.165, 1.54) is 19.2 Å². The van der Waals surface area contributed by atoms with Crippen LogP contribution in [0.4, 0.5) is 10.1 Å². The number of pyridine rings is 1. The summed E-state index contributed by atoms with van der Waals surface area (Å²) in [6, 6.07) is 22.0. The third kappa shape index (κ3) is 4.04. The van der Waals surface area contributed by atoms with Gasteiger partial charge in [0.1, 0.15) is 23.4 Å². The highest BCUT2D eigenvalue weighted by molar-refractivity contribution is 7.80. The van der Waals surface area contributed by atoms with Gasteiger partial charge in [0, 0.05) is 17.4 Å².